The Hall–Kier alpha value is -0.510. The first-order valence-electron chi connectivity index (χ1n) is 1.56. The summed E-state index contributed by atoms with van der Waals surface area (Å²) in [6.07, 6.45) is 1.51. The zero-order chi connectivity index (χ0) is 5.86. The van der Waals surface area contributed by atoms with Crippen molar-refractivity contribution in [1.29, 1.82) is 0 Å². The minimum absolute atomic E-state index is 0.597. The molecule has 0 saturated carbocycles. The summed E-state index contributed by atoms with van der Waals surface area (Å²) in [6.45, 7) is 0. The minimum Gasteiger partial charge on any atom is -0.362 e. The zero-order valence-corrected chi connectivity index (χ0v) is 4.62. The quantitative estimate of drug-likeness (QED) is 0.431. The lowest BCUT2D eigenvalue weighted by Gasteiger charge is -1.81. The molecule has 1 amide bonds. The van der Waals surface area contributed by atoms with Crippen molar-refractivity contribution in [2.45, 2.75) is 0 Å². The maximum atomic E-state index is 10.0. The molecule has 0 aliphatic rings. The Morgan fingerprint density at radius 3 is 2.00 bits per heavy atom. The molecule has 0 saturated heterocycles. The zero-order valence-electron chi connectivity index (χ0n) is 3.80. The Morgan fingerprint density at radius 2 is 2.00 bits per heavy atom. The molecule has 40 valence electrons. The van der Waals surface area contributed by atoms with Crippen molar-refractivity contribution in [3.63, 3.8) is 0 Å². The number of primary amides is 1. The van der Waals surface area contributed by atoms with Crippen LogP contribution >= 0.6 is 11.8 Å². The highest BCUT2D eigenvalue weighted by Gasteiger charge is 2.03. The third-order valence-corrected chi connectivity index (χ3v) is 0.959. The Labute approximate surface area is 45.3 Å². The minimum atomic E-state index is -0.882. The van der Waals surface area contributed by atoms with Crippen LogP contribution in [0.3, 0.4) is 0 Å². The normalized spacial score (nSPS) is 8.14. The van der Waals surface area contributed by atoms with Crippen molar-refractivity contribution in [3.8, 4) is 0 Å². The van der Waals surface area contributed by atoms with Crippen LogP contribution in [0.4, 0.5) is 0 Å². The van der Waals surface area contributed by atoms with Crippen molar-refractivity contribution < 1.29 is 9.59 Å². The average molecular weight is 119 g/mol. The second-order valence-electron chi connectivity index (χ2n) is 0.856. The molecule has 7 heavy (non-hydrogen) atoms. The second kappa shape index (κ2) is 2.63. The largest absolute Gasteiger partial charge is 0.362 e. The van der Waals surface area contributed by atoms with Crippen LogP contribution in [0.5, 0.6) is 0 Å². The van der Waals surface area contributed by atoms with Crippen LogP contribution in [0.25, 0.3) is 0 Å². The van der Waals surface area contributed by atoms with Gasteiger partial charge in [-0.1, -0.05) is 11.8 Å². The smallest absolute Gasteiger partial charge is 0.296 e. The number of amides is 1. The van der Waals surface area contributed by atoms with Gasteiger partial charge in [0.15, 0.2) is 0 Å². The number of nitrogens with two attached hydrogens (primary N) is 1. The highest BCUT2D eigenvalue weighted by Crippen LogP contribution is 1.90. The van der Waals surface area contributed by atoms with Crippen LogP contribution in [0.1, 0.15) is 0 Å². The summed E-state index contributed by atoms with van der Waals surface area (Å²) in [5, 5.41) is -0.597. The van der Waals surface area contributed by atoms with Crippen LogP contribution in [0, 0.1) is 0 Å². The summed E-state index contributed by atoms with van der Waals surface area (Å²) >= 11 is 0.819. The molecule has 2 N–H and O–H groups in total. The third-order valence-electron chi connectivity index (χ3n) is 0.387. The number of hydrogen-bond acceptors (Lipinski definition) is 3. The molecule has 0 aromatic carbocycles. The van der Waals surface area contributed by atoms with Crippen LogP contribution < -0.4 is 5.73 Å². The lowest BCUT2D eigenvalue weighted by molar-refractivity contribution is -0.130. The number of carbonyl (C=O) groups is 2. The summed E-state index contributed by atoms with van der Waals surface area (Å²) in [4.78, 5) is 19.8. The number of thioether (sulfide) groups is 1. The van der Waals surface area contributed by atoms with E-state index in [2.05, 4.69) is 5.73 Å². The number of rotatable bonds is 0. The van der Waals surface area contributed by atoms with Gasteiger partial charge in [0.05, 0.1) is 0 Å². The summed E-state index contributed by atoms with van der Waals surface area (Å²) in [5.41, 5.74) is 4.54. The lowest BCUT2D eigenvalue weighted by Crippen LogP contribution is -2.19. The number of hydrogen-bond donors (Lipinski definition) is 1. The van der Waals surface area contributed by atoms with Crippen molar-refractivity contribution in [1.82, 2.24) is 0 Å². The first-order chi connectivity index (χ1) is 3.18. The van der Waals surface area contributed by atoms with Gasteiger partial charge in [0.2, 0.25) is 0 Å². The first-order valence-corrected chi connectivity index (χ1v) is 2.78. The van der Waals surface area contributed by atoms with Gasteiger partial charge >= 0.3 is 0 Å². The topological polar surface area (TPSA) is 60.2 Å². The van der Waals surface area contributed by atoms with E-state index in [0.29, 0.717) is 0 Å². The third kappa shape index (κ3) is 2.22. The molecule has 0 spiro atoms. The molecule has 0 aromatic rings. The average Bonchev–Trinajstić information content (AvgIpc) is 1.65. The summed E-state index contributed by atoms with van der Waals surface area (Å²) in [6, 6.07) is 0. The van der Waals surface area contributed by atoms with E-state index in [4.69, 9.17) is 0 Å². The molecule has 0 aromatic heterocycles. The summed E-state index contributed by atoms with van der Waals surface area (Å²) in [5.74, 6) is -0.882. The molecule has 3 nitrogen and oxygen atoms in total. The van der Waals surface area contributed by atoms with Crippen molar-refractivity contribution in [2.24, 2.45) is 5.73 Å². The Morgan fingerprint density at radius 1 is 1.57 bits per heavy atom. The van der Waals surface area contributed by atoms with E-state index < -0.39 is 11.0 Å². The molecule has 0 aliphatic heterocycles. The van der Waals surface area contributed by atoms with Gasteiger partial charge in [0.1, 0.15) is 0 Å². The molecule has 0 fully saturated rings. The maximum absolute atomic E-state index is 10.0. The molecule has 0 radical (unpaired) electrons. The van der Waals surface area contributed by atoms with Gasteiger partial charge in [-0.25, -0.2) is 0 Å². The molecule has 4 heteroatoms. The van der Waals surface area contributed by atoms with E-state index in [1.807, 2.05) is 0 Å². The fraction of sp³-hybridized carbons (Fsp3) is 0.333. The Balaban J connectivity index is 3.58. The molecule has 0 rings (SSSR count). The number of carbonyl (C=O) groups excluding carboxylic acids is 2. The van der Waals surface area contributed by atoms with Gasteiger partial charge in [0.25, 0.3) is 11.0 Å². The summed E-state index contributed by atoms with van der Waals surface area (Å²) < 4.78 is 0. The van der Waals surface area contributed by atoms with E-state index in [0.717, 1.165) is 11.8 Å². The van der Waals surface area contributed by atoms with Crippen molar-refractivity contribution >= 4 is 22.8 Å². The highest BCUT2D eigenvalue weighted by atomic mass is 32.2. The van der Waals surface area contributed by atoms with Crippen molar-refractivity contribution in [3.05, 3.63) is 0 Å². The van der Waals surface area contributed by atoms with E-state index in [9.17, 15) is 9.59 Å². The van der Waals surface area contributed by atoms with Crippen LogP contribution in [-0.2, 0) is 9.59 Å². The van der Waals surface area contributed by atoms with Gasteiger partial charge in [-0.05, 0) is 6.26 Å². The van der Waals surface area contributed by atoms with Crippen molar-refractivity contribution in [2.75, 3.05) is 6.26 Å². The van der Waals surface area contributed by atoms with Crippen LogP contribution in [-0.4, -0.2) is 17.3 Å². The molecular formula is C3H5NO2S. The molecule has 0 heterocycles. The second-order valence-corrected chi connectivity index (χ2v) is 1.63. The van der Waals surface area contributed by atoms with Crippen LogP contribution in [0.2, 0.25) is 0 Å². The molecule has 0 atom stereocenters. The Bertz CT molecular complexity index is 101. The van der Waals surface area contributed by atoms with E-state index >= 15 is 0 Å². The molecular weight excluding hydrogens is 114 g/mol. The van der Waals surface area contributed by atoms with Gasteiger partial charge in [-0.15, -0.1) is 0 Å². The molecule has 0 aliphatic carbocycles. The fourth-order valence-corrected chi connectivity index (χ4v) is 0.302. The highest BCUT2D eigenvalue weighted by molar-refractivity contribution is 8.14. The SMILES string of the molecule is CSC(=O)C(N)=O. The van der Waals surface area contributed by atoms with E-state index in [-0.39, 0.29) is 0 Å². The van der Waals surface area contributed by atoms with Gasteiger partial charge in [-0.3, -0.25) is 9.59 Å². The summed E-state index contributed by atoms with van der Waals surface area (Å²) in [7, 11) is 0. The first kappa shape index (κ1) is 6.49. The standard InChI is InChI=1S/C3H5NO2S/c1-7-3(6)2(4)5/h1H3,(H2,4,5). The Kier molecular flexibility index (Phi) is 2.44. The van der Waals surface area contributed by atoms with E-state index in [1.54, 1.807) is 0 Å². The predicted molar refractivity (Wildman–Crippen MR) is 27.7 cm³/mol. The lowest BCUT2D eigenvalue weighted by atomic mass is 10.7. The molecule has 0 unspecified atom stereocenters. The van der Waals surface area contributed by atoms with Gasteiger partial charge in [-0.2, -0.15) is 0 Å². The van der Waals surface area contributed by atoms with Gasteiger partial charge in [0, 0.05) is 0 Å². The van der Waals surface area contributed by atoms with E-state index in [1.165, 1.54) is 6.26 Å². The predicted octanol–water partition coefficient (Wildman–Crippen LogP) is -0.639. The fourth-order valence-electron chi connectivity index (χ4n) is 0.101. The van der Waals surface area contributed by atoms with Crippen LogP contribution in [0.15, 0.2) is 0 Å². The molecule has 0 bridgehead atoms. The maximum Gasteiger partial charge on any atom is 0.296 e. The monoisotopic (exact) mass is 119 g/mol. The van der Waals surface area contributed by atoms with Gasteiger partial charge < -0.3 is 5.73 Å².